The molecule has 3 N–H and O–H groups in total. The Balaban J connectivity index is 1.77. The lowest BCUT2D eigenvalue weighted by atomic mass is 9.93. The van der Waals surface area contributed by atoms with E-state index in [1.165, 1.54) is 12.3 Å². The van der Waals surface area contributed by atoms with E-state index >= 15 is 0 Å². The molecule has 0 bridgehead atoms. The Bertz CT molecular complexity index is 1100. The van der Waals surface area contributed by atoms with Crippen LogP contribution in [0.5, 0.6) is 0 Å². The van der Waals surface area contributed by atoms with Gasteiger partial charge in [0.1, 0.15) is 17.4 Å². The average Bonchev–Trinajstić information content (AvgIpc) is 3.12. The number of anilines is 1. The van der Waals surface area contributed by atoms with Crippen LogP contribution in [0.4, 0.5) is 10.3 Å². The van der Waals surface area contributed by atoms with Crippen molar-refractivity contribution in [2.45, 2.75) is 64.7 Å². The number of halogens is 2. The van der Waals surface area contributed by atoms with E-state index in [1.807, 2.05) is 20.8 Å². The summed E-state index contributed by atoms with van der Waals surface area (Å²) in [6.07, 6.45) is 1.94. The van der Waals surface area contributed by atoms with E-state index in [9.17, 15) is 9.50 Å². The number of hydrogen-bond acceptors (Lipinski definition) is 6. The lowest BCUT2D eigenvalue weighted by Gasteiger charge is -2.34. The maximum absolute atomic E-state index is 14.9. The predicted octanol–water partition coefficient (Wildman–Crippen LogP) is 4.58. The molecule has 0 spiro atoms. The van der Waals surface area contributed by atoms with Crippen molar-refractivity contribution < 1.29 is 14.2 Å². The van der Waals surface area contributed by atoms with Crippen molar-refractivity contribution in [2.24, 2.45) is 0 Å². The quantitative estimate of drug-likeness (QED) is 0.529. The van der Waals surface area contributed by atoms with Gasteiger partial charge in [0.05, 0.1) is 34.6 Å². The number of hydrogen-bond donors (Lipinski definition) is 3. The second-order valence-corrected chi connectivity index (χ2v) is 8.67. The fourth-order valence-electron chi connectivity index (χ4n) is 4.25. The first kappa shape index (κ1) is 21.9. The smallest absolute Gasteiger partial charge is 0.223 e. The summed E-state index contributed by atoms with van der Waals surface area (Å²) in [5.41, 5.74) is 2.88. The minimum absolute atomic E-state index is 0.0722. The molecule has 31 heavy (non-hydrogen) atoms. The van der Waals surface area contributed by atoms with Crippen LogP contribution < -0.4 is 5.32 Å². The lowest BCUT2D eigenvalue weighted by Crippen LogP contribution is -2.48. The third-order valence-electron chi connectivity index (χ3n) is 5.73. The van der Waals surface area contributed by atoms with Crippen LogP contribution in [0.25, 0.3) is 22.3 Å². The van der Waals surface area contributed by atoms with Crippen LogP contribution in [0.15, 0.2) is 12.3 Å². The summed E-state index contributed by atoms with van der Waals surface area (Å²) >= 11 is 6.46. The number of imidazole rings is 1. The molecule has 1 fully saturated rings. The van der Waals surface area contributed by atoms with Crippen molar-refractivity contribution in [3.8, 4) is 11.3 Å². The number of aliphatic hydroxyl groups is 1. The third kappa shape index (κ3) is 4.12. The van der Waals surface area contributed by atoms with Gasteiger partial charge in [-0.3, -0.25) is 0 Å². The Morgan fingerprint density at radius 2 is 2.16 bits per heavy atom. The highest BCUT2D eigenvalue weighted by Crippen LogP contribution is 2.38. The molecule has 3 atom stereocenters. The van der Waals surface area contributed by atoms with Crippen LogP contribution in [0, 0.1) is 12.7 Å². The molecule has 9 heteroatoms. The van der Waals surface area contributed by atoms with Crippen molar-refractivity contribution in [1.82, 2.24) is 19.9 Å². The highest BCUT2D eigenvalue weighted by molar-refractivity contribution is 6.33. The molecule has 3 aromatic rings. The number of ether oxygens (including phenoxy) is 1. The molecule has 7 nitrogen and oxygen atoms in total. The Morgan fingerprint density at radius 3 is 2.87 bits per heavy atom. The second-order valence-electron chi connectivity index (χ2n) is 8.26. The summed E-state index contributed by atoms with van der Waals surface area (Å²) in [7, 11) is 0. The summed E-state index contributed by atoms with van der Waals surface area (Å²) in [4.78, 5) is 16.4. The first-order chi connectivity index (χ1) is 14.8. The molecule has 0 unspecified atom stereocenters. The lowest BCUT2D eigenvalue weighted by molar-refractivity contribution is -0.0808. The molecule has 1 aliphatic heterocycles. The van der Waals surface area contributed by atoms with Gasteiger partial charge in [-0.25, -0.2) is 19.3 Å². The Kier molecular flexibility index (Phi) is 6.14. The number of aliphatic hydroxyl groups excluding tert-OH is 1. The summed E-state index contributed by atoms with van der Waals surface area (Å²) in [5.74, 6) is 0.607. The third-order valence-corrected chi connectivity index (χ3v) is 6.00. The monoisotopic (exact) mass is 447 g/mol. The van der Waals surface area contributed by atoms with E-state index < -0.39 is 11.9 Å². The molecule has 3 heterocycles. The molecule has 1 aromatic carbocycles. The highest BCUT2D eigenvalue weighted by atomic mass is 35.5. The summed E-state index contributed by atoms with van der Waals surface area (Å²) in [6.45, 7) is 8.38. The van der Waals surface area contributed by atoms with Gasteiger partial charge in [-0.15, -0.1) is 0 Å². The minimum Gasteiger partial charge on any atom is -0.388 e. The van der Waals surface area contributed by atoms with E-state index in [0.717, 1.165) is 5.56 Å². The maximum Gasteiger partial charge on any atom is 0.223 e. The maximum atomic E-state index is 14.9. The van der Waals surface area contributed by atoms with Crippen molar-refractivity contribution >= 4 is 28.6 Å². The topological polar surface area (TPSA) is 96.0 Å². The summed E-state index contributed by atoms with van der Waals surface area (Å²) in [6, 6.07) is 1.19. The first-order valence-electron chi connectivity index (χ1n) is 10.6. The number of aryl methyl sites for hydroxylation is 1. The van der Waals surface area contributed by atoms with Crippen LogP contribution >= 0.6 is 11.6 Å². The Morgan fingerprint density at radius 1 is 1.39 bits per heavy atom. The summed E-state index contributed by atoms with van der Waals surface area (Å²) in [5, 5.41) is 14.1. The zero-order valence-electron chi connectivity index (χ0n) is 18.0. The number of fused-ring (bicyclic) bond motifs is 1. The standard InChI is InChI=1S/C22H27ClFN5O2/c1-5-16-21(30)15(6-7-31-16)28-22-25-9-13(23)18(29-22)12-8-14(24)19-20(17(12)10(2)3)27-11(4)26-19/h8-10,15-16,21,30H,5-7H2,1-4H3,(H,26,27)(H,25,28,29)/t15-,16+,21+/m0/s1. The number of nitrogens with zero attached hydrogens (tertiary/aromatic N) is 3. The van der Waals surface area contributed by atoms with Gasteiger partial charge in [-0.1, -0.05) is 32.4 Å². The number of aromatic amines is 1. The molecule has 166 valence electrons. The SMILES string of the molecule is CC[C@H]1OCC[C@H](Nc2ncc(Cl)c(-c3cc(F)c4nc(C)[nH]c4c3C(C)C)n2)[C@H]1O. The Labute approximate surface area is 185 Å². The average molecular weight is 448 g/mol. The highest BCUT2D eigenvalue weighted by Gasteiger charge is 2.32. The number of benzene rings is 1. The van der Waals surface area contributed by atoms with Gasteiger partial charge in [0.2, 0.25) is 5.95 Å². The van der Waals surface area contributed by atoms with Crippen LogP contribution in [-0.2, 0) is 4.74 Å². The van der Waals surface area contributed by atoms with Gasteiger partial charge >= 0.3 is 0 Å². The van der Waals surface area contributed by atoms with E-state index in [2.05, 4.69) is 25.3 Å². The molecule has 0 aliphatic carbocycles. The zero-order chi connectivity index (χ0) is 22.3. The van der Waals surface area contributed by atoms with E-state index in [0.29, 0.717) is 58.5 Å². The molecule has 2 aromatic heterocycles. The molecule has 1 aliphatic rings. The van der Waals surface area contributed by atoms with Crippen LogP contribution in [0.3, 0.4) is 0 Å². The molecule has 0 radical (unpaired) electrons. The molecular formula is C22H27ClFN5O2. The number of aromatic nitrogens is 4. The minimum atomic E-state index is -0.672. The van der Waals surface area contributed by atoms with Crippen LogP contribution in [0.1, 0.15) is 50.9 Å². The van der Waals surface area contributed by atoms with E-state index in [-0.39, 0.29) is 18.1 Å². The van der Waals surface area contributed by atoms with Crippen molar-refractivity contribution in [2.75, 3.05) is 11.9 Å². The van der Waals surface area contributed by atoms with Crippen molar-refractivity contribution in [3.05, 3.63) is 34.5 Å². The van der Waals surface area contributed by atoms with Gasteiger partial charge in [-0.2, -0.15) is 0 Å². The largest absolute Gasteiger partial charge is 0.388 e. The van der Waals surface area contributed by atoms with Gasteiger partial charge < -0.3 is 20.1 Å². The fourth-order valence-corrected chi connectivity index (χ4v) is 4.44. The van der Waals surface area contributed by atoms with Gasteiger partial charge in [0.25, 0.3) is 0 Å². The molecule has 0 saturated carbocycles. The first-order valence-corrected chi connectivity index (χ1v) is 11.0. The van der Waals surface area contributed by atoms with Crippen LogP contribution in [0.2, 0.25) is 5.02 Å². The van der Waals surface area contributed by atoms with Crippen LogP contribution in [-0.4, -0.2) is 49.9 Å². The van der Waals surface area contributed by atoms with Gasteiger partial charge in [-0.05, 0) is 37.3 Å². The second kappa shape index (κ2) is 8.68. The number of rotatable bonds is 5. The van der Waals surface area contributed by atoms with E-state index in [4.69, 9.17) is 16.3 Å². The fraction of sp³-hybridized carbons (Fsp3) is 0.500. The van der Waals surface area contributed by atoms with Crippen molar-refractivity contribution in [3.63, 3.8) is 0 Å². The summed E-state index contributed by atoms with van der Waals surface area (Å²) < 4.78 is 20.5. The molecular weight excluding hydrogens is 421 g/mol. The number of H-pyrrole nitrogens is 1. The molecule has 4 rings (SSSR count). The van der Waals surface area contributed by atoms with Crippen molar-refractivity contribution in [1.29, 1.82) is 0 Å². The molecule has 0 amide bonds. The molecule has 1 saturated heterocycles. The normalized spacial score (nSPS) is 21.7. The van der Waals surface area contributed by atoms with E-state index in [1.54, 1.807) is 6.92 Å². The predicted molar refractivity (Wildman–Crippen MR) is 119 cm³/mol. The van der Waals surface area contributed by atoms with Gasteiger partial charge in [0, 0.05) is 12.2 Å². The zero-order valence-corrected chi connectivity index (χ0v) is 18.8. The number of nitrogens with one attached hydrogen (secondary N) is 2. The van der Waals surface area contributed by atoms with Gasteiger partial charge in [0.15, 0.2) is 5.82 Å². The Hall–Kier alpha value is -2.29.